The first-order valence-electron chi connectivity index (χ1n) is 3.65. The molecule has 0 rings (SSSR count). The van der Waals surface area contributed by atoms with Crippen molar-refractivity contribution < 1.29 is 9.53 Å². The van der Waals surface area contributed by atoms with Crippen LogP contribution in [0.3, 0.4) is 0 Å². The number of carbonyl (C=O) groups is 1. The zero-order chi connectivity index (χ0) is 8.85. The maximum atomic E-state index is 10.5. The Morgan fingerprint density at radius 2 is 2.18 bits per heavy atom. The van der Waals surface area contributed by atoms with E-state index in [1.165, 1.54) is 7.11 Å². The summed E-state index contributed by atoms with van der Waals surface area (Å²) in [6.45, 7) is 4.47. The van der Waals surface area contributed by atoms with Crippen LogP contribution in [-0.2, 0) is 4.74 Å². The van der Waals surface area contributed by atoms with Crippen LogP contribution in [0.15, 0.2) is 0 Å². The Morgan fingerprint density at radius 3 is 2.55 bits per heavy atom. The summed E-state index contributed by atoms with van der Waals surface area (Å²) in [5, 5.41) is 2.53. The average Bonchev–Trinajstić information content (AvgIpc) is 1.99. The van der Waals surface area contributed by atoms with Crippen LogP contribution in [0.2, 0.25) is 0 Å². The van der Waals surface area contributed by atoms with E-state index >= 15 is 0 Å². The molecule has 0 bridgehead atoms. The largest absolute Gasteiger partial charge is 0.453 e. The molecule has 3 N–H and O–H groups in total. The molecule has 1 amide bonds. The van der Waals surface area contributed by atoms with E-state index < -0.39 is 6.09 Å². The van der Waals surface area contributed by atoms with Crippen LogP contribution < -0.4 is 11.1 Å². The van der Waals surface area contributed by atoms with Crippen molar-refractivity contribution in [2.45, 2.75) is 19.9 Å². The van der Waals surface area contributed by atoms with Gasteiger partial charge >= 0.3 is 6.09 Å². The molecule has 66 valence electrons. The second-order valence-corrected chi connectivity index (χ2v) is 2.78. The zero-order valence-corrected chi connectivity index (χ0v) is 7.26. The summed E-state index contributed by atoms with van der Waals surface area (Å²) >= 11 is 0. The predicted octanol–water partition coefficient (Wildman–Crippen LogP) is 0.326. The Bertz CT molecular complexity index is 126. The van der Waals surface area contributed by atoms with E-state index in [1.807, 2.05) is 13.8 Å². The minimum atomic E-state index is -0.430. The number of nitrogens with one attached hydrogen (secondary N) is 1. The molecule has 0 aliphatic heterocycles. The summed E-state index contributed by atoms with van der Waals surface area (Å²) in [7, 11) is 1.33. The maximum absolute atomic E-state index is 10.5. The molecule has 0 saturated carbocycles. The highest BCUT2D eigenvalue weighted by atomic mass is 16.5. The first-order chi connectivity index (χ1) is 5.07. The average molecular weight is 160 g/mol. The third kappa shape index (κ3) is 4.61. The van der Waals surface area contributed by atoms with Gasteiger partial charge < -0.3 is 15.8 Å². The molecule has 0 aliphatic rings. The molecular weight excluding hydrogens is 144 g/mol. The van der Waals surface area contributed by atoms with Gasteiger partial charge in [-0.3, -0.25) is 0 Å². The van der Waals surface area contributed by atoms with Crippen molar-refractivity contribution in [3.05, 3.63) is 0 Å². The molecule has 1 unspecified atom stereocenters. The van der Waals surface area contributed by atoms with Crippen molar-refractivity contribution in [1.82, 2.24) is 5.32 Å². The predicted molar refractivity (Wildman–Crippen MR) is 43.2 cm³/mol. The van der Waals surface area contributed by atoms with Crippen molar-refractivity contribution in [1.29, 1.82) is 0 Å². The Hall–Kier alpha value is -0.770. The smallest absolute Gasteiger partial charge is 0.406 e. The quantitative estimate of drug-likeness (QED) is 0.625. The van der Waals surface area contributed by atoms with Crippen LogP contribution in [-0.4, -0.2) is 25.8 Å². The molecule has 0 spiro atoms. The van der Waals surface area contributed by atoms with E-state index in [9.17, 15) is 4.79 Å². The number of methoxy groups -OCH3 is 1. The summed E-state index contributed by atoms with van der Waals surface area (Å²) in [5.74, 6) is 0.368. The van der Waals surface area contributed by atoms with Gasteiger partial charge in [-0.1, -0.05) is 13.8 Å². The highest BCUT2D eigenvalue weighted by Crippen LogP contribution is 1.95. The van der Waals surface area contributed by atoms with Gasteiger partial charge in [0.1, 0.15) is 0 Å². The van der Waals surface area contributed by atoms with Gasteiger partial charge in [-0.15, -0.1) is 0 Å². The third-order valence-corrected chi connectivity index (χ3v) is 1.52. The number of hydrogen-bond donors (Lipinski definition) is 2. The van der Waals surface area contributed by atoms with Gasteiger partial charge in [0.25, 0.3) is 0 Å². The van der Waals surface area contributed by atoms with Crippen LogP contribution in [0, 0.1) is 5.92 Å². The number of hydrogen-bond acceptors (Lipinski definition) is 3. The number of carbonyl (C=O) groups excluding carboxylic acids is 1. The molecule has 0 aromatic heterocycles. The molecule has 0 radical (unpaired) electrons. The van der Waals surface area contributed by atoms with Gasteiger partial charge in [0.2, 0.25) is 0 Å². The van der Waals surface area contributed by atoms with Crippen LogP contribution in [0.25, 0.3) is 0 Å². The van der Waals surface area contributed by atoms with Crippen molar-refractivity contribution >= 4 is 6.09 Å². The lowest BCUT2D eigenvalue weighted by molar-refractivity contribution is 0.169. The highest BCUT2D eigenvalue weighted by Gasteiger charge is 2.08. The number of rotatable bonds is 3. The second-order valence-electron chi connectivity index (χ2n) is 2.78. The topological polar surface area (TPSA) is 64.3 Å². The normalized spacial score (nSPS) is 12.8. The lowest BCUT2D eigenvalue weighted by Gasteiger charge is -2.15. The fourth-order valence-corrected chi connectivity index (χ4v) is 0.509. The van der Waals surface area contributed by atoms with Crippen molar-refractivity contribution in [3.63, 3.8) is 0 Å². The first-order valence-corrected chi connectivity index (χ1v) is 3.65. The molecule has 4 nitrogen and oxygen atoms in total. The Kier molecular flexibility index (Phi) is 4.61. The number of amides is 1. The minimum Gasteiger partial charge on any atom is -0.453 e. The lowest BCUT2D eigenvalue weighted by Crippen LogP contribution is -2.40. The SMILES string of the molecule is COC(=O)NCC(N)C(C)C. The minimum absolute atomic E-state index is 0.00546. The molecule has 0 heterocycles. The van der Waals surface area contributed by atoms with E-state index in [0.29, 0.717) is 12.5 Å². The molecule has 0 aliphatic carbocycles. The Labute approximate surface area is 67.1 Å². The Balaban J connectivity index is 3.45. The fraction of sp³-hybridized carbons (Fsp3) is 0.857. The van der Waals surface area contributed by atoms with E-state index in [0.717, 1.165) is 0 Å². The van der Waals surface area contributed by atoms with Crippen LogP contribution in [0.5, 0.6) is 0 Å². The number of ether oxygens (including phenoxy) is 1. The van der Waals surface area contributed by atoms with Crippen molar-refractivity contribution in [2.75, 3.05) is 13.7 Å². The fourth-order valence-electron chi connectivity index (χ4n) is 0.509. The van der Waals surface area contributed by atoms with Crippen molar-refractivity contribution in [2.24, 2.45) is 11.7 Å². The van der Waals surface area contributed by atoms with Gasteiger partial charge in [0.05, 0.1) is 7.11 Å². The third-order valence-electron chi connectivity index (χ3n) is 1.52. The summed E-state index contributed by atoms with van der Waals surface area (Å²) in [6, 6.07) is -0.00546. The Morgan fingerprint density at radius 1 is 1.64 bits per heavy atom. The molecule has 1 atom stereocenters. The van der Waals surface area contributed by atoms with Crippen LogP contribution in [0.1, 0.15) is 13.8 Å². The summed E-state index contributed by atoms with van der Waals surface area (Å²) in [6.07, 6.45) is -0.430. The molecular formula is C7H16N2O2. The molecule has 0 fully saturated rings. The van der Waals surface area contributed by atoms with Gasteiger partial charge in [-0.2, -0.15) is 0 Å². The summed E-state index contributed by atoms with van der Waals surface area (Å²) in [4.78, 5) is 10.5. The summed E-state index contributed by atoms with van der Waals surface area (Å²) < 4.78 is 4.37. The van der Waals surface area contributed by atoms with E-state index in [1.54, 1.807) is 0 Å². The molecule has 4 heteroatoms. The summed E-state index contributed by atoms with van der Waals surface area (Å²) in [5.41, 5.74) is 5.65. The molecule has 0 aromatic carbocycles. The first kappa shape index (κ1) is 10.2. The monoisotopic (exact) mass is 160 g/mol. The van der Waals surface area contributed by atoms with Crippen molar-refractivity contribution in [3.8, 4) is 0 Å². The molecule has 0 aromatic rings. The molecule has 0 saturated heterocycles. The lowest BCUT2D eigenvalue weighted by atomic mass is 10.1. The van der Waals surface area contributed by atoms with Crippen LogP contribution in [0.4, 0.5) is 4.79 Å². The highest BCUT2D eigenvalue weighted by molar-refractivity contribution is 5.66. The zero-order valence-electron chi connectivity index (χ0n) is 7.26. The standard InChI is InChI=1S/C7H16N2O2/c1-5(2)6(8)4-9-7(10)11-3/h5-6H,4,8H2,1-3H3,(H,9,10). The van der Waals surface area contributed by atoms with Crippen LogP contribution >= 0.6 is 0 Å². The van der Waals surface area contributed by atoms with E-state index in [4.69, 9.17) is 5.73 Å². The van der Waals surface area contributed by atoms with Gasteiger partial charge in [-0.05, 0) is 5.92 Å². The van der Waals surface area contributed by atoms with E-state index in [-0.39, 0.29) is 6.04 Å². The maximum Gasteiger partial charge on any atom is 0.406 e. The van der Waals surface area contributed by atoms with Gasteiger partial charge in [0, 0.05) is 12.6 Å². The second kappa shape index (κ2) is 4.96. The molecule has 11 heavy (non-hydrogen) atoms. The number of alkyl carbamates (subject to hydrolysis) is 1. The van der Waals surface area contributed by atoms with Gasteiger partial charge in [0.15, 0.2) is 0 Å². The van der Waals surface area contributed by atoms with E-state index in [2.05, 4.69) is 10.1 Å². The van der Waals surface area contributed by atoms with Gasteiger partial charge in [-0.25, -0.2) is 4.79 Å². The number of nitrogens with two attached hydrogens (primary N) is 1.